The van der Waals surface area contributed by atoms with Crippen LogP contribution in [0.5, 0.6) is 0 Å². The van der Waals surface area contributed by atoms with Crippen molar-refractivity contribution in [2.45, 2.75) is 39.5 Å². The van der Waals surface area contributed by atoms with Crippen LogP contribution in [-0.2, 0) is 6.42 Å². The molecule has 1 fully saturated rings. The fraction of sp³-hybridized carbons (Fsp3) is 0.625. The highest BCUT2D eigenvalue weighted by atomic mass is 35.5. The van der Waals surface area contributed by atoms with E-state index in [0.29, 0.717) is 0 Å². The largest absolute Gasteiger partial charge is 0.316 e. The normalized spacial score (nSPS) is 18.3. The zero-order chi connectivity index (χ0) is 13.9. The molecule has 1 aromatic carbocycles. The van der Waals surface area contributed by atoms with Gasteiger partial charge in [-0.25, -0.2) is 4.39 Å². The van der Waals surface area contributed by atoms with Crippen molar-refractivity contribution in [2.24, 2.45) is 11.3 Å². The van der Waals surface area contributed by atoms with Crippen LogP contribution in [-0.4, -0.2) is 13.1 Å². The number of hydrogen-bond acceptors (Lipinski definition) is 1. The number of hydrogen-bond donors (Lipinski definition) is 1. The Morgan fingerprint density at radius 1 is 1.42 bits per heavy atom. The average Bonchev–Trinajstić information content (AvgIpc) is 3.19. The highest BCUT2D eigenvalue weighted by Crippen LogP contribution is 2.47. The molecule has 2 rings (SSSR count). The van der Waals surface area contributed by atoms with Crippen LogP contribution in [0, 0.1) is 17.2 Å². The Morgan fingerprint density at radius 3 is 2.74 bits per heavy atom. The molecule has 1 nitrogen and oxygen atoms in total. The molecule has 3 heteroatoms. The maximum Gasteiger partial charge on any atom is 0.142 e. The number of halogens is 2. The van der Waals surface area contributed by atoms with Crippen molar-refractivity contribution < 1.29 is 4.39 Å². The molecule has 0 bridgehead atoms. The molecule has 1 saturated carbocycles. The third-order valence-electron chi connectivity index (χ3n) is 4.11. The highest BCUT2D eigenvalue weighted by molar-refractivity contribution is 6.30. The molecular weight excluding hydrogens is 261 g/mol. The second-order valence-electron chi connectivity index (χ2n) is 6.03. The van der Waals surface area contributed by atoms with Crippen LogP contribution in [0.4, 0.5) is 4.39 Å². The summed E-state index contributed by atoms with van der Waals surface area (Å²) in [5, 5.41) is 3.73. The molecule has 0 amide bonds. The van der Waals surface area contributed by atoms with Gasteiger partial charge in [-0.2, -0.15) is 0 Å². The number of rotatable bonds is 7. The van der Waals surface area contributed by atoms with Gasteiger partial charge in [0.15, 0.2) is 0 Å². The lowest BCUT2D eigenvalue weighted by Crippen LogP contribution is -2.36. The van der Waals surface area contributed by atoms with Gasteiger partial charge in [0.2, 0.25) is 0 Å². The summed E-state index contributed by atoms with van der Waals surface area (Å²) < 4.78 is 13.5. The fourth-order valence-electron chi connectivity index (χ4n) is 2.80. The van der Waals surface area contributed by atoms with Crippen LogP contribution < -0.4 is 5.32 Å². The summed E-state index contributed by atoms with van der Waals surface area (Å²) in [5.41, 5.74) is 1.28. The summed E-state index contributed by atoms with van der Waals surface area (Å²) in [6.07, 6.45) is 4.68. The SMILES string of the molecule is CCCNCC(C)(Cc1ccc(Cl)c(F)c1)C1CC1. The van der Waals surface area contributed by atoms with Crippen molar-refractivity contribution in [1.82, 2.24) is 5.32 Å². The summed E-state index contributed by atoms with van der Waals surface area (Å²) in [7, 11) is 0. The van der Waals surface area contributed by atoms with Gasteiger partial charge in [0, 0.05) is 6.54 Å². The minimum atomic E-state index is -0.307. The van der Waals surface area contributed by atoms with Crippen molar-refractivity contribution in [3.05, 3.63) is 34.6 Å². The molecule has 0 saturated heterocycles. The first-order valence-electron chi connectivity index (χ1n) is 7.20. The molecule has 1 atom stereocenters. The van der Waals surface area contributed by atoms with Gasteiger partial charge in [0.05, 0.1) is 5.02 Å². The van der Waals surface area contributed by atoms with Crippen LogP contribution in [0.2, 0.25) is 5.02 Å². The second kappa shape index (κ2) is 6.23. The van der Waals surface area contributed by atoms with Crippen LogP contribution in [0.1, 0.15) is 38.7 Å². The van der Waals surface area contributed by atoms with E-state index in [9.17, 15) is 4.39 Å². The summed E-state index contributed by atoms with van der Waals surface area (Å²) in [6, 6.07) is 5.20. The van der Waals surface area contributed by atoms with Gasteiger partial charge < -0.3 is 5.32 Å². The Balaban J connectivity index is 2.04. The maximum absolute atomic E-state index is 13.5. The number of nitrogens with one attached hydrogen (secondary N) is 1. The van der Waals surface area contributed by atoms with Gasteiger partial charge >= 0.3 is 0 Å². The van der Waals surface area contributed by atoms with E-state index in [1.165, 1.54) is 12.8 Å². The second-order valence-corrected chi connectivity index (χ2v) is 6.44. The monoisotopic (exact) mass is 283 g/mol. The van der Waals surface area contributed by atoms with E-state index in [-0.39, 0.29) is 16.3 Å². The van der Waals surface area contributed by atoms with Gasteiger partial charge in [0.25, 0.3) is 0 Å². The molecular formula is C16H23ClFN. The van der Waals surface area contributed by atoms with Crippen LogP contribution in [0.25, 0.3) is 0 Å². The van der Waals surface area contributed by atoms with Crippen LogP contribution in [0.15, 0.2) is 18.2 Å². The van der Waals surface area contributed by atoms with E-state index in [0.717, 1.165) is 37.4 Å². The molecule has 1 N–H and O–H groups in total. The standard InChI is InChI=1S/C16H23ClFN/c1-3-8-19-11-16(2,13-5-6-13)10-12-4-7-14(17)15(18)9-12/h4,7,9,13,19H,3,5-6,8,10-11H2,1-2H3. The first-order valence-corrected chi connectivity index (χ1v) is 7.57. The van der Waals surface area contributed by atoms with E-state index >= 15 is 0 Å². The summed E-state index contributed by atoms with van der Waals surface area (Å²) in [4.78, 5) is 0. The minimum absolute atomic E-state index is 0.209. The molecule has 1 aromatic rings. The highest BCUT2D eigenvalue weighted by Gasteiger charge is 2.41. The lowest BCUT2D eigenvalue weighted by atomic mass is 9.79. The first-order chi connectivity index (χ1) is 9.05. The summed E-state index contributed by atoms with van der Waals surface area (Å²) in [5.74, 6) is 0.467. The Hall–Kier alpha value is -0.600. The molecule has 0 spiro atoms. The predicted molar refractivity (Wildman–Crippen MR) is 79.1 cm³/mol. The van der Waals surface area contributed by atoms with Gasteiger partial charge in [0.1, 0.15) is 5.82 Å². The molecule has 0 radical (unpaired) electrons. The Morgan fingerprint density at radius 2 is 2.16 bits per heavy atom. The van der Waals surface area contributed by atoms with Crippen molar-refractivity contribution in [2.75, 3.05) is 13.1 Å². The van der Waals surface area contributed by atoms with Gasteiger partial charge in [-0.15, -0.1) is 0 Å². The topological polar surface area (TPSA) is 12.0 Å². The molecule has 1 aliphatic rings. The summed E-state index contributed by atoms with van der Waals surface area (Å²) in [6.45, 7) is 6.56. The van der Waals surface area contributed by atoms with E-state index in [1.807, 2.05) is 6.07 Å². The van der Waals surface area contributed by atoms with Crippen molar-refractivity contribution >= 4 is 11.6 Å². The summed E-state index contributed by atoms with van der Waals surface area (Å²) >= 11 is 5.74. The maximum atomic E-state index is 13.5. The number of benzene rings is 1. The Labute approximate surface area is 120 Å². The molecule has 0 heterocycles. The van der Waals surface area contributed by atoms with Gasteiger partial charge in [-0.1, -0.05) is 31.5 Å². The molecule has 106 valence electrons. The van der Waals surface area contributed by atoms with E-state index in [4.69, 9.17) is 11.6 Å². The zero-order valence-electron chi connectivity index (χ0n) is 11.8. The Kier molecular flexibility index (Phi) is 4.86. The molecule has 19 heavy (non-hydrogen) atoms. The van der Waals surface area contributed by atoms with E-state index in [2.05, 4.69) is 19.2 Å². The third kappa shape index (κ3) is 3.93. The van der Waals surface area contributed by atoms with Crippen molar-refractivity contribution in [3.8, 4) is 0 Å². The fourth-order valence-corrected chi connectivity index (χ4v) is 2.92. The van der Waals surface area contributed by atoms with E-state index < -0.39 is 0 Å². The first kappa shape index (κ1) is 14.8. The quantitative estimate of drug-likeness (QED) is 0.730. The van der Waals surface area contributed by atoms with Gasteiger partial charge in [-0.3, -0.25) is 0 Å². The van der Waals surface area contributed by atoms with Crippen LogP contribution >= 0.6 is 11.6 Å². The average molecular weight is 284 g/mol. The minimum Gasteiger partial charge on any atom is -0.316 e. The van der Waals surface area contributed by atoms with Crippen molar-refractivity contribution in [3.63, 3.8) is 0 Å². The van der Waals surface area contributed by atoms with Crippen molar-refractivity contribution in [1.29, 1.82) is 0 Å². The van der Waals surface area contributed by atoms with Crippen LogP contribution in [0.3, 0.4) is 0 Å². The Bertz CT molecular complexity index is 431. The lowest BCUT2D eigenvalue weighted by Gasteiger charge is -2.30. The molecule has 0 aromatic heterocycles. The van der Waals surface area contributed by atoms with Gasteiger partial charge in [-0.05, 0) is 61.3 Å². The molecule has 1 unspecified atom stereocenters. The molecule has 1 aliphatic carbocycles. The lowest BCUT2D eigenvalue weighted by molar-refractivity contribution is 0.256. The van der Waals surface area contributed by atoms with E-state index in [1.54, 1.807) is 12.1 Å². The molecule has 0 aliphatic heterocycles. The predicted octanol–water partition coefficient (Wildman–Crippen LogP) is 4.44. The smallest absolute Gasteiger partial charge is 0.142 e. The third-order valence-corrected chi connectivity index (χ3v) is 4.42. The zero-order valence-corrected chi connectivity index (χ0v) is 12.6.